The lowest BCUT2D eigenvalue weighted by atomic mass is 10.2. The van der Waals surface area contributed by atoms with Gasteiger partial charge in [0.2, 0.25) is 0 Å². The van der Waals surface area contributed by atoms with E-state index in [2.05, 4.69) is 41.4 Å². The lowest BCUT2D eigenvalue weighted by Crippen LogP contribution is -2.38. The predicted molar refractivity (Wildman–Crippen MR) is 102 cm³/mol. The first kappa shape index (κ1) is 20.2. The van der Waals surface area contributed by atoms with E-state index < -0.39 is 0 Å². The van der Waals surface area contributed by atoms with Gasteiger partial charge in [-0.1, -0.05) is 19.9 Å². The molecule has 0 aliphatic rings. The van der Waals surface area contributed by atoms with Crippen molar-refractivity contribution < 1.29 is 4.74 Å². The van der Waals surface area contributed by atoms with E-state index in [4.69, 9.17) is 4.74 Å². The van der Waals surface area contributed by atoms with Gasteiger partial charge in [0.1, 0.15) is 5.82 Å². The Kier molecular flexibility index (Phi) is 9.84. The molecule has 0 bridgehead atoms. The van der Waals surface area contributed by atoms with E-state index in [1.165, 1.54) is 0 Å². The molecular formula is C18H33N5O. The first-order valence-electron chi connectivity index (χ1n) is 8.76. The summed E-state index contributed by atoms with van der Waals surface area (Å²) in [6.45, 7) is 10.2. The Morgan fingerprint density at radius 3 is 2.75 bits per heavy atom. The summed E-state index contributed by atoms with van der Waals surface area (Å²) in [4.78, 5) is 11.2. The lowest BCUT2D eigenvalue weighted by molar-refractivity contribution is 0.108. The summed E-state index contributed by atoms with van der Waals surface area (Å²) in [5.74, 6) is 2.35. The second kappa shape index (κ2) is 11.7. The van der Waals surface area contributed by atoms with Gasteiger partial charge in [-0.2, -0.15) is 0 Å². The van der Waals surface area contributed by atoms with Crippen LogP contribution in [0.4, 0.5) is 5.82 Å². The number of hydrogen-bond donors (Lipinski definition) is 2. The molecule has 0 aliphatic heterocycles. The summed E-state index contributed by atoms with van der Waals surface area (Å²) in [7, 11) is 3.98. The van der Waals surface area contributed by atoms with Crippen molar-refractivity contribution in [3.63, 3.8) is 0 Å². The second-order valence-corrected chi connectivity index (χ2v) is 6.33. The number of pyridine rings is 1. The van der Waals surface area contributed by atoms with Crippen LogP contribution in [-0.4, -0.2) is 51.3 Å². The van der Waals surface area contributed by atoms with Crippen molar-refractivity contribution in [3.05, 3.63) is 23.9 Å². The highest BCUT2D eigenvalue weighted by Crippen LogP contribution is 2.08. The van der Waals surface area contributed by atoms with E-state index >= 15 is 0 Å². The normalized spacial score (nSPS) is 11.7. The minimum atomic E-state index is 0.556. The highest BCUT2D eigenvalue weighted by molar-refractivity contribution is 5.79. The Morgan fingerprint density at radius 1 is 1.29 bits per heavy atom. The van der Waals surface area contributed by atoms with Gasteiger partial charge < -0.3 is 20.3 Å². The molecule has 0 saturated heterocycles. The summed E-state index contributed by atoms with van der Waals surface area (Å²) in [6, 6.07) is 6.01. The number of hydrogen-bond acceptors (Lipinski definition) is 4. The van der Waals surface area contributed by atoms with Crippen LogP contribution in [0.1, 0.15) is 32.9 Å². The van der Waals surface area contributed by atoms with Gasteiger partial charge in [-0.05, 0) is 31.4 Å². The fraction of sp³-hybridized carbons (Fsp3) is 0.667. The summed E-state index contributed by atoms with van der Waals surface area (Å²) < 4.78 is 5.59. The van der Waals surface area contributed by atoms with Gasteiger partial charge in [0.15, 0.2) is 5.96 Å². The van der Waals surface area contributed by atoms with Crippen molar-refractivity contribution in [2.24, 2.45) is 10.9 Å². The van der Waals surface area contributed by atoms with Gasteiger partial charge in [0, 0.05) is 40.4 Å². The molecule has 24 heavy (non-hydrogen) atoms. The van der Waals surface area contributed by atoms with E-state index in [0.717, 1.165) is 50.2 Å². The number of nitrogens with one attached hydrogen (secondary N) is 2. The highest BCUT2D eigenvalue weighted by atomic mass is 16.5. The van der Waals surface area contributed by atoms with E-state index in [0.29, 0.717) is 12.5 Å². The van der Waals surface area contributed by atoms with Crippen molar-refractivity contribution in [1.29, 1.82) is 0 Å². The smallest absolute Gasteiger partial charge is 0.191 e. The van der Waals surface area contributed by atoms with Gasteiger partial charge in [-0.15, -0.1) is 0 Å². The topological polar surface area (TPSA) is 61.8 Å². The monoisotopic (exact) mass is 335 g/mol. The van der Waals surface area contributed by atoms with Crippen molar-refractivity contribution in [2.75, 3.05) is 45.3 Å². The van der Waals surface area contributed by atoms with Crippen LogP contribution < -0.4 is 15.5 Å². The van der Waals surface area contributed by atoms with Crippen LogP contribution in [0.25, 0.3) is 0 Å². The second-order valence-electron chi connectivity index (χ2n) is 6.33. The summed E-state index contributed by atoms with van der Waals surface area (Å²) in [5.41, 5.74) is 0.957. The van der Waals surface area contributed by atoms with Gasteiger partial charge in [-0.3, -0.25) is 0 Å². The van der Waals surface area contributed by atoms with E-state index in [1.54, 1.807) is 0 Å². The molecule has 0 aromatic carbocycles. The minimum Gasteiger partial charge on any atom is -0.381 e. The number of aliphatic imine (C=N–C) groups is 1. The Bertz CT molecular complexity index is 488. The predicted octanol–water partition coefficient (Wildman–Crippen LogP) is 2.27. The number of ether oxygens (including phenoxy) is 1. The van der Waals surface area contributed by atoms with Crippen LogP contribution in [0.3, 0.4) is 0 Å². The van der Waals surface area contributed by atoms with Crippen LogP contribution in [-0.2, 0) is 11.3 Å². The number of anilines is 1. The number of guanidine groups is 1. The van der Waals surface area contributed by atoms with Gasteiger partial charge in [0.25, 0.3) is 0 Å². The first-order chi connectivity index (χ1) is 11.5. The Balaban J connectivity index is 2.43. The zero-order chi connectivity index (χ0) is 17.8. The average Bonchev–Trinajstić information content (AvgIpc) is 2.55. The third kappa shape index (κ3) is 8.72. The van der Waals surface area contributed by atoms with Crippen LogP contribution in [0.2, 0.25) is 0 Å². The van der Waals surface area contributed by atoms with E-state index in [-0.39, 0.29) is 0 Å². The third-order valence-corrected chi connectivity index (χ3v) is 3.20. The molecule has 136 valence electrons. The molecule has 1 aromatic heterocycles. The minimum absolute atomic E-state index is 0.556. The quantitative estimate of drug-likeness (QED) is 0.390. The molecule has 2 N–H and O–H groups in total. The zero-order valence-corrected chi connectivity index (χ0v) is 15.8. The van der Waals surface area contributed by atoms with E-state index in [1.807, 2.05) is 37.2 Å². The molecule has 0 fully saturated rings. The molecule has 0 aliphatic carbocycles. The maximum absolute atomic E-state index is 5.59. The largest absolute Gasteiger partial charge is 0.381 e. The fourth-order valence-corrected chi connectivity index (χ4v) is 2.01. The third-order valence-electron chi connectivity index (χ3n) is 3.20. The number of aromatic nitrogens is 1. The molecule has 0 atom stereocenters. The van der Waals surface area contributed by atoms with E-state index in [9.17, 15) is 0 Å². The SMILES string of the molecule is CCNC(=NCc1cccc(N(C)C)n1)NCCCOCC(C)C. The van der Waals surface area contributed by atoms with Crippen LogP contribution in [0, 0.1) is 5.92 Å². The molecule has 0 unspecified atom stereocenters. The lowest BCUT2D eigenvalue weighted by Gasteiger charge is -2.13. The molecule has 6 heteroatoms. The van der Waals surface area contributed by atoms with Gasteiger partial charge >= 0.3 is 0 Å². The first-order valence-corrected chi connectivity index (χ1v) is 8.76. The number of rotatable bonds is 10. The maximum atomic E-state index is 5.59. The van der Waals surface area contributed by atoms with Gasteiger partial charge in [0.05, 0.1) is 12.2 Å². The zero-order valence-electron chi connectivity index (χ0n) is 15.8. The molecular weight excluding hydrogens is 302 g/mol. The van der Waals surface area contributed by atoms with Crippen molar-refractivity contribution >= 4 is 11.8 Å². The molecule has 0 spiro atoms. The molecule has 0 amide bonds. The maximum Gasteiger partial charge on any atom is 0.191 e. The van der Waals surface area contributed by atoms with Crippen LogP contribution in [0.5, 0.6) is 0 Å². The van der Waals surface area contributed by atoms with Crippen molar-refractivity contribution in [2.45, 2.75) is 33.7 Å². The van der Waals surface area contributed by atoms with Crippen molar-refractivity contribution in [1.82, 2.24) is 15.6 Å². The molecule has 6 nitrogen and oxygen atoms in total. The molecule has 1 heterocycles. The summed E-state index contributed by atoms with van der Waals surface area (Å²) >= 11 is 0. The molecule has 0 radical (unpaired) electrons. The summed E-state index contributed by atoms with van der Waals surface area (Å²) in [6.07, 6.45) is 0.964. The summed E-state index contributed by atoms with van der Waals surface area (Å²) in [5, 5.41) is 6.60. The average molecular weight is 335 g/mol. The highest BCUT2D eigenvalue weighted by Gasteiger charge is 2.01. The van der Waals surface area contributed by atoms with Crippen LogP contribution in [0.15, 0.2) is 23.2 Å². The number of nitrogens with zero attached hydrogens (tertiary/aromatic N) is 3. The Hall–Kier alpha value is -1.82. The van der Waals surface area contributed by atoms with Gasteiger partial charge in [-0.25, -0.2) is 9.98 Å². The standard InChI is InChI=1S/C18H33N5O/c1-6-19-18(20-11-8-12-24-14-15(2)3)21-13-16-9-7-10-17(22-16)23(4)5/h7,9-10,15H,6,8,11-14H2,1-5H3,(H2,19,20,21). The van der Waals surface area contributed by atoms with Crippen LogP contribution >= 0.6 is 0 Å². The Labute approximate surface area is 146 Å². The van der Waals surface area contributed by atoms with Crippen molar-refractivity contribution in [3.8, 4) is 0 Å². The molecule has 1 aromatic rings. The Morgan fingerprint density at radius 2 is 2.08 bits per heavy atom. The fourth-order valence-electron chi connectivity index (χ4n) is 2.01. The molecule has 1 rings (SSSR count). The molecule has 0 saturated carbocycles.